The van der Waals surface area contributed by atoms with Crippen molar-refractivity contribution >= 4 is 28.6 Å². The number of benzene rings is 1. The summed E-state index contributed by atoms with van der Waals surface area (Å²) in [6.45, 7) is 5.30. The number of carbonyl (C=O) groups is 2. The molecule has 1 aliphatic rings. The number of pyridine rings is 1. The molecule has 2 aromatic rings. The third-order valence-corrected chi connectivity index (χ3v) is 5.05. The molecule has 0 saturated carbocycles. The first-order valence-corrected chi connectivity index (χ1v) is 8.84. The Morgan fingerprint density at radius 1 is 1.07 bits per heavy atom. The predicted molar refractivity (Wildman–Crippen MR) is 105 cm³/mol. The van der Waals surface area contributed by atoms with E-state index in [1.165, 1.54) is 14.2 Å². The van der Waals surface area contributed by atoms with Gasteiger partial charge >= 0.3 is 11.9 Å². The van der Waals surface area contributed by atoms with Crippen LogP contribution in [0, 0.1) is 12.8 Å². The number of aromatic amines is 1. The molecule has 7 heteroatoms. The van der Waals surface area contributed by atoms with Crippen LogP contribution in [0.25, 0.3) is 10.9 Å². The molecule has 0 bridgehead atoms. The summed E-state index contributed by atoms with van der Waals surface area (Å²) in [6, 6.07) is 7.37. The number of nitrogens with one attached hydrogen (secondary N) is 1. The highest BCUT2D eigenvalue weighted by molar-refractivity contribution is 6.07. The molecule has 0 amide bonds. The quantitative estimate of drug-likeness (QED) is 0.823. The lowest BCUT2D eigenvalue weighted by Gasteiger charge is -2.30. The molecule has 7 nitrogen and oxygen atoms in total. The summed E-state index contributed by atoms with van der Waals surface area (Å²) in [5.74, 6) is -2.95. The van der Waals surface area contributed by atoms with E-state index >= 15 is 0 Å². The van der Waals surface area contributed by atoms with E-state index in [0.29, 0.717) is 22.5 Å². The lowest BCUT2D eigenvalue weighted by atomic mass is 9.75. The number of ether oxygens (including phenoxy) is 2. The molecule has 2 heterocycles. The van der Waals surface area contributed by atoms with Crippen molar-refractivity contribution < 1.29 is 19.1 Å². The van der Waals surface area contributed by atoms with Crippen LogP contribution in [0.15, 0.2) is 45.3 Å². The number of allylic oxidation sites excluding steroid dienone is 1. The fourth-order valence-corrected chi connectivity index (χ4v) is 3.75. The van der Waals surface area contributed by atoms with Gasteiger partial charge in [0, 0.05) is 28.4 Å². The molecule has 146 valence electrons. The first-order chi connectivity index (χ1) is 13.3. The number of fused-ring (bicyclic) bond motifs is 1. The maximum Gasteiger partial charge on any atom is 0.336 e. The van der Waals surface area contributed by atoms with Crippen molar-refractivity contribution in [1.29, 1.82) is 0 Å². The van der Waals surface area contributed by atoms with E-state index in [1.54, 1.807) is 19.9 Å². The molecule has 1 aliphatic heterocycles. The molecule has 1 N–H and O–H groups in total. The number of rotatable bonds is 3. The fourth-order valence-electron chi connectivity index (χ4n) is 3.75. The molecule has 0 spiro atoms. The van der Waals surface area contributed by atoms with Crippen molar-refractivity contribution in [1.82, 2.24) is 4.98 Å². The second kappa shape index (κ2) is 7.42. The van der Waals surface area contributed by atoms with E-state index in [9.17, 15) is 14.4 Å². The van der Waals surface area contributed by atoms with Gasteiger partial charge in [0.25, 0.3) is 5.56 Å². The number of H-pyrrole nitrogens is 1. The Morgan fingerprint density at radius 2 is 1.79 bits per heavy atom. The van der Waals surface area contributed by atoms with Gasteiger partial charge in [0.15, 0.2) is 0 Å². The lowest BCUT2D eigenvalue weighted by molar-refractivity contribution is -0.143. The van der Waals surface area contributed by atoms with Gasteiger partial charge in [-0.1, -0.05) is 11.6 Å². The van der Waals surface area contributed by atoms with E-state index in [0.717, 1.165) is 10.9 Å². The van der Waals surface area contributed by atoms with Crippen molar-refractivity contribution in [3.8, 4) is 0 Å². The number of nitrogens with zero attached hydrogens (tertiary/aromatic N) is 1. The van der Waals surface area contributed by atoms with E-state index in [4.69, 9.17) is 9.47 Å². The topological polar surface area (TPSA) is 97.8 Å². The van der Waals surface area contributed by atoms with E-state index < -0.39 is 23.8 Å². The molecule has 2 atom stereocenters. The number of carbonyl (C=O) groups excluding carboxylic acids is 2. The highest BCUT2D eigenvalue weighted by Crippen LogP contribution is 2.39. The van der Waals surface area contributed by atoms with Gasteiger partial charge in [-0.3, -0.25) is 14.6 Å². The zero-order chi connectivity index (χ0) is 20.6. The van der Waals surface area contributed by atoms with E-state index in [-0.39, 0.29) is 11.1 Å². The molecular formula is C21H22N2O5. The van der Waals surface area contributed by atoms with Crippen LogP contribution >= 0.6 is 0 Å². The van der Waals surface area contributed by atoms with Gasteiger partial charge in [0.05, 0.1) is 19.8 Å². The second-order valence-electron chi connectivity index (χ2n) is 6.87. The van der Waals surface area contributed by atoms with Crippen molar-refractivity contribution in [2.45, 2.75) is 26.7 Å². The third-order valence-electron chi connectivity index (χ3n) is 5.05. The van der Waals surface area contributed by atoms with Gasteiger partial charge in [0.1, 0.15) is 5.92 Å². The normalized spacial score (nSPS) is 19.4. The SMILES string of the molecule is COC(=O)C1=C(C)N=C(C)C(C(=O)OC)[C@H]1c1cc2cc(C)ccc2[nH]c1=O. The van der Waals surface area contributed by atoms with Crippen molar-refractivity contribution in [2.75, 3.05) is 14.2 Å². The van der Waals surface area contributed by atoms with Crippen molar-refractivity contribution in [3.05, 3.63) is 57.0 Å². The number of aliphatic imine (C=N–C) groups is 1. The average Bonchev–Trinajstić information content (AvgIpc) is 2.66. The highest BCUT2D eigenvalue weighted by atomic mass is 16.5. The molecule has 1 aromatic carbocycles. The fraction of sp³-hybridized carbons (Fsp3) is 0.333. The first kappa shape index (κ1) is 19.5. The molecule has 0 saturated heterocycles. The number of hydrogen-bond donors (Lipinski definition) is 1. The van der Waals surface area contributed by atoms with Gasteiger partial charge in [-0.05, 0) is 44.4 Å². The van der Waals surface area contributed by atoms with Crippen molar-refractivity contribution in [2.24, 2.45) is 10.9 Å². The minimum atomic E-state index is -0.897. The number of methoxy groups -OCH3 is 2. The Balaban J connectivity index is 2.33. The van der Waals surface area contributed by atoms with Crippen LogP contribution in [-0.2, 0) is 19.1 Å². The number of hydrogen-bond acceptors (Lipinski definition) is 6. The monoisotopic (exact) mass is 382 g/mol. The minimum Gasteiger partial charge on any atom is -0.468 e. The molecule has 1 unspecified atom stereocenters. The summed E-state index contributed by atoms with van der Waals surface area (Å²) in [7, 11) is 2.52. The maximum atomic E-state index is 12.9. The minimum absolute atomic E-state index is 0.181. The summed E-state index contributed by atoms with van der Waals surface area (Å²) in [6.07, 6.45) is 0. The summed E-state index contributed by atoms with van der Waals surface area (Å²) in [4.78, 5) is 45.2. The van der Waals surface area contributed by atoms with E-state index in [2.05, 4.69) is 9.98 Å². The first-order valence-electron chi connectivity index (χ1n) is 8.84. The van der Waals surface area contributed by atoms with Crippen LogP contribution in [0.5, 0.6) is 0 Å². The second-order valence-corrected chi connectivity index (χ2v) is 6.87. The maximum absolute atomic E-state index is 12.9. The van der Waals surface area contributed by atoms with Crippen LogP contribution in [0.4, 0.5) is 0 Å². The van der Waals surface area contributed by atoms with Gasteiger partial charge in [-0.2, -0.15) is 0 Å². The van der Waals surface area contributed by atoms with Gasteiger partial charge in [-0.25, -0.2) is 4.79 Å². The molecule has 0 aliphatic carbocycles. The number of aryl methyl sites for hydroxylation is 1. The molecule has 28 heavy (non-hydrogen) atoms. The smallest absolute Gasteiger partial charge is 0.336 e. The molecule has 0 radical (unpaired) electrons. The predicted octanol–water partition coefficient (Wildman–Crippen LogP) is 2.63. The number of aromatic nitrogens is 1. The Hall–Kier alpha value is -3.22. The molecular weight excluding hydrogens is 360 g/mol. The Kier molecular flexibility index (Phi) is 5.18. The molecule has 0 fully saturated rings. The van der Waals surface area contributed by atoms with Crippen LogP contribution in [0.2, 0.25) is 0 Å². The van der Waals surface area contributed by atoms with E-state index in [1.807, 2.05) is 25.1 Å². The Morgan fingerprint density at radius 3 is 2.43 bits per heavy atom. The summed E-state index contributed by atoms with van der Waals surface area (Å²) >= 11 is 0. The summed E-state index contributed by atoms with van der Waals surface area (Å²) in [5, 5.41) is 0.806. The van der Waals surface area contributed by atoms with Crippen LogP contribution in [-0.4, -0.2) is 36.9 Å². The Bertz CT molecular complexity index is 1090. The zero-order valence-electron chi connectivity index (χ0n) is 16.5. The van der Waals surface area contributed by atoms with Crippen molar-refractivity contribution in [3.63, 3.8) is 0 Å². The third kappa shape index (κ3) is 3.24. The highest BCUT2D eigenvalue weighted by Gasteiger charge is 2.43. The largest absolute Gasteiger partial charge is 0.468 e. The van der Waals surface area contributed by atoms with Gasteiger partial charge in [0.2, 0.25) is 0 Å². The average molecular weight is 382 g/mol. The van der Waals surface area contributed by atoms with Gasteiger partial charge < -0.3 is 14.5 Å². The van der Waals surface area contributed by atoms with Gasteiger partial charge in [-0.15, -0.1) is 0 Å². The zero-order valence-corrected chi connectivity index (χ0v) is 16.5. The number of esters is 2. The Labute approximate surface area is 162 Å². The summed E-state index contributed by atoms with van der Waals surface area (Å²) in [5.41, 5.74) is 2.69. The standard InChI is InChI=1S/C21H22N2O5/c1-10-6-7-15-13(8-10)9-14(19(24)23-15)18-16(20(25)27-4)11(2)22-12(3)17(18)21(26)28-5/h6-9,16,18H,1-5H3,(H,23,24)/t16?,18-/m1/s1. The van der Waals surface area contributed by atoms with Crippen LogP contribution in [0.1, 0.15) is 30.9 Å². The summed E-state index contributed by atoms with van der Waals surface area (Å²) < 4.78 is 9.87. The lowest BCUT2D eigenvalue weighted by Crippen LogP contribution is -2.38. The molecule has 1 aromatic heterocycles. The van der Waals surface area contributed by atoms with Crippen LogP contribution < -0.4 is 5.56 Å². The van der Waals surface area contributed by atoms with Crippen LogP contribution in [0.3, 0.4) is 0 Å². The molecule has 3 rings (SSSR count).